The zero-order valence-electron chi connectivity index (χ0n) is 10.00. The molecule has 1 heterocycles. The molecule has 1 fully saturated rings. The summed E-state index contributed by atoms with van der Waals surface area (Å²) in [4.78, 5) is 2.36. The number of likely N-dealkylation sites (N-methyl/N-ethyl adjacent to an activating group) is 1. The molecule has 0 atom stereocenters. The molecule has 2 N–H and O–H groups in total. The Kier molecular flexibility index (Phi) is 5.53. The molecule has 0 aromatic heterocycles. The van der Waals surface area contributed by atoms with Gasteiger partial charge in [0.1, 0.15) is 0 Å². The smallest absolute Gasteiger partial charge is 0.0589 e. The molecule has 0 aromatic rings. The van der Waals surface area contributed by atoms with Crippen LogP contribution in [0.4, 0.5) is 0 Å². The maximum absolute atomic E-state index is 6.34. The van der Waals surface area contributed by atoms with Crippen molar-refractivity contribution in [2.75, 3.05) is 46.6 Å². The Morgan fingerprint density at radius 3 is 2.60 bits per heavy atom. The molecule has 0 spiro atoms. The highest BCUT2D eigenvalue weighted by molar-refractivity contribution is 4.89. The Bertz CT molecular complexity index is 170. The van der Waals surface area contributed by atoms with Crippen LogP contribution in [0, 0.1) is 0 Å². The lowest BCUT2D eigenvalue weighted by atomic mass is 9.91. The molecule has 0 saturated carbocycles. The highest BCUT2D eigenvalue weighted by atomic mass is 16.5. The van der Waals surface area contributed by atoms with Gasteiger partial charge in [-0.05, 0) is 19.4 Å². The molecule has 1 aliphatic rings. The molecule has 1 rings (SSSR count). The summed E-state index contributed by atoms with van der Waals surface area (Å²) in [5.41, 5.74) is 6.29. The molecule has 4 nitrogen and oxygen atoms in total. The van der Waals surface area contributed by atoms with E-state index < -0.39 is 0 Å². The average molecular weight is 216 g/mol. The molecule has 0 radical (unpaired) electrons. The van der Waals surface area contributed by atoms with E-state index in [1.165, 1.54) is 0 Å². The van der Waals surface area contributed by atoms with Crippen molar-refractivity contribution in [3.05, 3.63) is 0 Å². The van der Waals surface area contributed by atoms with E-state index in [0.717, 1.165) is 52.3 Å². The molecular formula is C11H24N2O2. The fourth-order valence-corrected chi connectivity index (χ4v) is 1.95. The predicted octanol–water partition coefficient (Wildman–Crippen LogP) is 0.463. The van der Waals surface area contributed by atoms with Crippen LogP contribution in [0.3, 0.4) is 0 Å². The van der Waals surface area contributed by atoms with Gasteiger partial charge in [0.2, 0.25) is 0 Å². The molecule has 0 aromatic carbocycles. The predicted molar refractivity (Wildman–Crippen MR) is 61.0 cm³/mol. The third kappa shape index (κ3) is 4.47. The number of hydrogen-bond donors (Lipinski definition) is 1. The third-order valence-corrected chi connectivity index (χ3v) is 3.09. The van der Waals surface area contributed by atoms with Crippen LogP contribution in [0.2, 0.25) is 0 Å². The summed E-state index contributed by atoms with van der Waals surface area (Å²) >= 11 is 0. The van der Waals surface area contributed by atoms with Gasteiger partial charge in [-0.25, -0.2) is 0 Å². The third-order valence-electron chi connectivity index (χ3n) is 3.09. The van der Waals surface area contributed by atoms with Gasteiger partial charge < -0.3 is 15.2 Å². The van der Waals surface area contributed by atoms with Crippen molar-refractivity contribution < 1.29 is 9.47 Å². The standard InChI is InChI=1S/C11H24N2O2/c1-3-13(6-9-14-2)10-11(12)4-7-15-8-5-11/h3-10,12H2,1-2H3. The van der Waals surface area contributed by atoms with Crippen LogP contribution >= 0.6 is 0 Å². The monoisotopic (exact) mass is 216 g/mol. The highest BCUT2D eigenvalue weighted by Gasteiger charge is 2.29. The number of ether oxygens (including phenoxy) is 2. The fourth-order valence-electron chi connectivity index (χ4n) is 1.95. The molecule has 0 bridgehead atoms. The van der Waals surface area contributed by atoms with Gasteiger partial charge in [-0.1, -0.05) is 6.92 Å². The molecular weight excluding hydrogens is 192 g/mol. The summed E-state index contributed by atoms with van der Waals surface area (Å²) in [6, 6.07) is 0. The van der Waals surface area contributed by atoms with Crippen LogP contribution in [0.15, 0.2) is 0 Å². The van der Waals surface area contributed by atoms with E-state index >= 15 is 0 Å². The Balaban J connectivity index is 2.34. The number of rotatable bonds is 6. The van der Waals surface area contributed by atoms with Gasteiger partial charge >= 0.3 is 0 Å². The lowest BCUT2D eigenvalue weighted by Crippen LogP contribution is -2.53. The minimum Gasteiger partial charge on any atom is -0.383 e. The van der Waals surface area contributed by atoms with E-state index in [-0.39, 0.29) is 5.54 Å². The van der Waals surface area contributed by atoms with Crippen LogP contribution in [0.25, 0.3) is 0 Å². The zero-order chi connectivity index (χ0) is 11.1. The Hall–Kier alpha value is -0.160. The molecule has 90 valence electrons. The van der Waals surface area contributed by atoms with E-state index in [9.17, 15) is 0 Å². The quantitative estimate of drug-likeness (QED) is 0.701. The first-order valence-corrected chi connectivity index (χ1v) is 5.78. The van der Waals surface area contributed by atoms with Gasteiger partial charge in [0, 0.05) is 39.0 Å². The van der Waals surface area contributed by atoms with Crippen molar-refractivity contribution in [3.63, 3.8) is 0 Å². The van der Waals surface area contributed by atoms with E-state index in [0.29, 0.717) is 0 Å². The number of methoxy groups -OCH3 is 1. The number of hydrogen-bond acceptors (Lipinski definition) is 4. The van der Waals surface area contributed by atoms with E-state index in [1.807, 2.05) is 0 Å². The zero-order valence-corrected chi connectivity index (χ0v) is 10.00. The molecule has 0 amide bonds. The highest BCUT2D eigenvalue weighted by Crippen LogP contribution is 2.18. The number of nitrogens with zero attached hydrogens (tertiary/aromatic N) is 1. The average Bonchev–Trinajstić information content (AvgIpc) is 2.25. The van der Waals surface area contributed by atoms with Gasteiger partial charge in [-0.3, -0.25) is 4.90 Å². The second kappa shape index (κ2) is 6.43. The summed E-state index contributed by atoms with van der Waals surface area (Å²) in [6.45, 7) is 7.50. The van der Waals surface area contributed by atoms with Gasteiger partial charge in [0.05, 0.1) is 6.61 Å². The molecule has 15 heavy (non-hydrogen) atoms. The van der Waals surface area contributed by atoms with Crippen LogP contribution in [0.5, 0.6) is 0 Å². The Morgan fingerprint density at radius 1 is 1.40 bits per heavy atom. The first-order valence-electron chi connectivity index (χ1n) is 5.78. The second-order valence-electron chi connectivity index (χ2n) is 4.34. The van der Waals surface area contributed by atoms with E-state index in [1.54, 1.807) is 7.11 Å². The van der Waals surface area contributed by atoms with Crippen LogP contribution < -0.4 is 5.73 Å². The summed E-state index contributed by atoms with van der Waals surface area (Å²) in [7, 11) is 1.74. The molecule has 1 saturated heterocycles. The summed E-state index contributed by atoms with van der Waals surface area (Å²) in [6.07, 6.45) is 1.94. The van der Waals surface area contributed by atoms with Crippen molar-refractivity contribution >= 4 is 0 Å². The van der Waals surface area contributed by atoms with E-state index in [2.05, 4.69) is 11.8 Å². The Morgan fingerprint density at radius 2 is 2.07 bits per heavy atom. The molecule has 0 aliphatic carbocycles. The Labute approximate surface area is 92.7 Å². The molecule has 0 unspecified atom stereocenters. The van der Waals surface area contributed by atoms with Crippen molar-refractivity contribution in [2.45, 2.75) is 25.3 Å². The van der Waals surface area contributed by atoms with Crippen molar-refractivity contribution in [2.24, 2.45) is 5.73 Å². The first-order chi connectivity index (χ1) is 7.20. The lowest BCUT2D eigenvalue weighted by molar-refractivity contribution is 0.0345. The molecule has 4 heteroatoms. The van der Waals surface area contributed by atoms with Crippen LogP contribution in [-0.2, 0) is 9.47 Å². The maximum atomic E-state index is 6.34. The minimum atomic E-state index is -0.0536. The fraction of sp³-hybridized carbons (Fsp3) is 1.00. The van der Waals surface area contributed by atoms with Crippen molar-refractivity contribution in [3.8, 4) is 0 Å². The maximum Gasteiger partial charge on any atom is 0.0589 e. The lowest BCUT2D eigenvalue weighted by Gasteiger charge is -2.37. The van der Waals surface area contributed by atoms with Crippen LogP contribution in [0.1, 0.15) is 19.8 Å². The van der Waals surface area contributed by atoms with Crippen molar-refractivity contribution in [1.82, 2.24) is 4.90 Å². The van der Waals surface area contributed by atoms with Gasteiger partial charge in [-0.2, -0.15) is 0 Å². The van der Waals surface area contributed by atoms with Gasteiger partial charge in [-0.15, -0.1) is 0 Å². The van der Waals surface area contributed by atoms with Crippen LogP contribution in [-0.4, -0.2) is 57.0 Å². The number of nitrogens with two attached hydrogens (primary N) is 1. The summed E-state index contributed by atoms with van der Waals surface area (Å²) in [5.74, 6) is 0. The second-order valence-corrected chi connectivity index (χ2v) is 4.34. The van der Waals surface area contributed by atoms with Gasteiger partial charge in [0.15, 0.2) is 0 Å². The normalized spacial score (nSPS) is 20.8. The van der Waals surface area contributed by atoms with E-state index in [4.69, 9.17) is 15.2 Å². The van der Waals surface area contributed by atoms with Gasteiger partial charge in [0.25, 0.3) is 0 Å². The first kappa shape index (κ1) is 12.9. The largest absolute Gasteiger partial charge is 0.383 e. The summed E-state index contributed by atoms with van der Waals surface area (Å²) < 4.78 is 10.4. The van der Waals surface area contributed by atoms with Crippen molar-refractivity contribution in [1.29, 1.82) is 0 Å². The minimum absolute atomic E-state index is 0.0536. The topological polar surface area (TPSA) is 47.7 Å². The SMILES string of the molecule is CCN(CCOC)CC1(N)CCOCC1. The molecule has 1 aliphatic heterocycles. The summed E-state index contributed by atoms with van der Waals surface area (Å²) in [5, 5.41) is 0.